The van der Waals surface area contributed by atoms with E-state index in [9.17, 15) is 0 Å². The first-order chi connectivity index (χ1) is 9.38. The predicted molar refractivity (Wildman–Crippen MR) is 90.5 cm³/mol. The predicted octanol–water partition coefficient (Wildman–Crippen LogP) is 3.43. The Morgan fingerprint density at radius 2 is 2.10 bits per heavy atom. The summed E-state index contributed by atoms with van der Waals surface area (Å²) in [5.74, 6) is 0. The zero-order chi connectivity index (χ0) is 13.1. The number of hydrogen-bond donors (Lipinski definition) is 1. The third kappa shape index (κ3) is 3.95. The van der Waals surface area contributed by atoms with Crippen LogP contribution in [0.2, 0.25) is 0 Å². The molecule has 1 N–H and O–H groups in total. The summed E-state index contributed by atoms with van der Waals surface area (Å²) in [7, 11) is 1.96. The van der Waals surface area contributed by atoms with Crippen molar-refractivity contribution in [1.29, 1.82) is 0 Å². The molecule has 21 heavy (non-hydrogen) atoms. The first-order valence-corrected chi connectivity index (χ1v) is 6.68. The van der Waals surface area contributed by atoms with Crippen molar-refractivity contribution in [3.05, 3.63) is 53.9 Å². The van der Waals surface area contributed by atoms with E-state index in [0.717, 1.165) is 25.1 Å². The second kappa shape index (κ2) is 8.35. The molecule has 1 aromatic carbocycles. The molecular weight excluding hydrogens is 307 g/mol. The molecular formula is C16H20Cl2N2O. The van der Waals surface area contributed by atoms with Gasteiger partial charge >= 0.3 is 0 Å². The molecule has 0 bridgehead atoms. The van der Waals surface area contributed by atoms with Gasteiger partial charge < -0.3 is 10.1 Å². The van der Waals surface area contributed by atoms with Crippen molar-refractivity contribution in [3.8, 4) is 11.1 Å². The van der Waals surface area contributed by atoms with Gasteiger partial charge in [0.05, 0.1) is 12.7 Å². The summed E-state index contributed by atoms with van der Waals surface area (Å²) in [6, 6.07) is 10.7. The van der Waals surface area contributed by atoms with E-state index < -0.39 is 0 Å². The first-order valence-electron chi connectivity index (χ1n) is 6.68. The van der Waals surface area contributed by atoms with Crippen LogP contribution in [-0.4, -0.2) is 25.2 Å². The number of fused-ring (bicyclic) bond motifs is 1. The molecule has 0 unspecified atom stereocenters. The molecule has 0 spiro atoms. The van der Waals surface area contributed by atoms with Gasteiger partial charge in [0.15, 0.2) is 0 Å². The van der Waals surface area contributed by atoms with Crippen LogP contribution in [0.15, 0.2) is 42.7 Å². The Balaban J connectivity index is 0.00000110. The average Bonchev–Trinajstić information content (AvgIpc) is 2.48. The molecule has 1 aromatic heterocycles. The standard InChI is InChI=1S/C16H18N2O.2ClH/c1-17-11-16-15-9-13(14-3-2-7-18-10-14)5-4-12(15)6-8-19-16;;/h2-5,7,9-10,16-17H,6,8,11H2,1H3;2*1H/t16-;;/m0../s1. The number of pyridine rings is 1. The Bertz CT molecular complexity index is 563. The minimum atomic E-state index is 0. The quantitative estimate of drug-likeness (QED) is 0.938. The molecule has 2 aromatic rings. The highest BCUT2D eigenvalue weighted by molar-refractivity contribution is 5.85. The smallest absolute Gasteiger partial charge is 0.0952 e. The molecule has 0 amide bonds. The number of halogens is 2. The minimum absolute atomic E-state index is 0. The van der Waals surface area contributed by atoms with Crippen molar-refractivity contribution in [2.45, 2.75) is 12.5 Å². The van der Waals surface area contributed by atoms with E-state index in [4.69, 9.17) is 4.74 Å². The SMILES string of the molecule is CNC[C@@H]1OCCc2ccc(-c3cccnc3)cc21.Cl.Cl. The van der Waals surface area contributed by atoms with Crippen LogP contribution in [0.3, 0.4) is 0 Å². The first kappa shape index (κ1) is 17.9. The van der Waals surface area contributed by atoms with Crippen molar-refractivity contribution in [3.63, 3.8) is 0 Å². The maximum absolute atomic E-state index is 5.86. The van der Waals surface area contributed by atoms with E-state index in [-0.39, 0.29) is 30.9 Å². The van der Waals surface area contributed by atoms with Crippen molar-refractivity contribution in [2.24, 2.45) is 0 Å². The second-order valence-electron chi connectivity index (χ2n) is 4.82. The normalized spacial score (nSPS) is 16.3. The van der Waals surface area contributed by atoms with Crippen molar-refractivity contribution in [2.75, 3.05) is 20.2 Å². The Labute approximate surface area is 137 Å². The number of nitrogens with zero attached hydrogens (tertiary/aromatic N) is 1. The van der Waals surface area contributed by atoms with Crippen LogP contribution in [0.1, 0.15) is 17.2 Å². The lowest BCUT2D eigenvalue weighted by Crippen LogP contribution is -2.25. The summed E-state index contributed by atoms with van der Waals surface area (Å²) in [6.07, 6.45) is 4.86. The van der Waals surface area contributed by atoms with E-state index in [1.807, 2.05) is 19.3 Å². The van der Waals surface area contributed by atoms with Crippen LogP contribution in [0.5, 0.6) is 0 Å². The van der Waals surface area contributed by atoms with E-state index in [1.54, 1.807) is 6.20 Å². The molecule has 5 heteroatoms. The lowest BCUT2D eigenvalue weighted by atomic mass is 9.93. The van der Waals surface area contributed by atoms with E-state index in [1.165, 1.54) is 16.7 Å². The van der Waals surface area contributed by atoms with Gasteiger partial charge in [-0.05, 0) is 47.9 Å². The fraction of sp³-hybridized carbons (Fsp3) is 0.312. The molecule has 0 radical (unpaired) electrons. The molecule has 0 saturated heterocycles. The summed E-state index contributed by atoms with van der Waals surface area (Å²) in [5.41, 5.74) is 5.07. The molecule has 0 fully saturated rings. The third-order valence-corrected chi connectivity index (χ3v) is 3.57. The van der Waals surface area contributed by atoms with Crippen molar-refractivity contribution < 1.29 is 4.74 Å². The summed E-state index contributed by atoms with van der Waals surface area (Å²) < 4.78 is 5.86. The van der Waals surface area contributed by atoms with Gasteiger partial charge in [0.1, 0.15) is 0 Å². The zero-order valence-electron chi connectivity index (χ0n) is 11.9. The highest BCUT2D eigenvalue weighted by Gasteiger charge is 2.20. The third-order valence-electron chi connectivity index (χ3n) is 3.57. The van der Waals surface area contributed by atoms with Crippen LogP contribution in [0, 0.1) is 0 Å². The lowest BCUT2D eigenvalue weighted by Gasteiger charge is -2.26. The highest BCUT2D eigenvalue weighted by atomic mass is 35.5. The summed E-state index contributed by atoms with van der Waals surface area (Å²) >= 11 is 0. The number of benzene rings is 1. The van der Waals surface area contributed by atoms with Crippen LogP contribution in [-0.2, 0) is 11.2 Å². The fourth-order valence-electron chi connectivity index (χ4n) is 2.59. The fourth-order valence-corrected chi connectivity index (χ4v) is 2.59. The molecule has 2 heterocycles. The van der Waals surface area contributed by atoms with Gasteiger partial charge in [-0.3, -0.25) is 4.98 Å². The Morgan fingerprint density at radius 1 is 1.24 bits per heavy atom. The topological polar surface area (TPSA) is 34.1 Å². The van der Waals surface area contributed by atoms with Crippen molar-refractivity contribution >= 4 is 24.8 Å². The molecule has 1 atom stereocenters. The van der Waals surface area contributed by atoms with E-state index >= 15 is 0 Å². The number of rotatable bonds is 3. The van der Waals surface area contributed by atoms with Gasteiger partial charge in [0.25, 0.3) is 0 Å². The van der Waals surface area contributed by atoms with Crippen LogP contribution in [0.25, 0.3) is 11.1 Å². The number of hydrogen-bond acceptors (Lipinski definition) is 3. The molecule has 1 aliphatic heterocycles. The monoisotopic (exact) mass is 326 g/mol. The maximum Gasteiger partial charge on any atom is 0.0952 e. The summed E-state index contributed by atoms with van der Waals surface area (Å²) in [4.78, 5) is 4.18. The van der Waals surface area contributed by atoms with E-state index in [2.05, 4.69) is 34.6 Å². The van der Waals surface area contributed by atoms with Crippen molar-refractivity contribution in [1.82, 2.24) is 10.3 Å². The van der Waals surface area contributed by atoms with Crippen LogP contribution < -0.4 is 5.32 Å². The minimum Gasteiger partial charge on any atom is -0.372 e. The van der Waals surface area contributed by atoms with Gasteiger partial charge in [-0.25, -0.2) is 0 Å². The van der Waals surface area contributed by atoms with E-state index in [0.29, 0.717) is 0 Å². The van der Waals surface area contributed by atoms with Gasteiger partial charge in [0, 0.05) is 18.9 Å². The Kier molecular flexibility index (Phi) is 7.12. The summed E-state index contributed by atoms with van der Waals surface area (Å²) in [5, 5.41) is 3.20. The zero-order valence-corrected chi connectivity index (χ0v) is 13.5. The van der Waals surface area contributed by atoms with Gasteiger partial charge in [-0.15, -0.1) is 24.8 Å². The number of ether oxygens (including phenoxy) is 1. The number of likely N-dealkylation sites (N-methyl/N-ethyl adjacent to an activating group) is 1. The van der Waals surface area contributed by atoms with Crippen LogP contribution >= 0.6 is 24.8 Å². The maximum atomic E-state index is 5.86. The second-order valence-corrected chi connectivity index (χ2v) is 4.82. The summed E-state index contributed by atoms with van der Waals surface area (Å²) in [6.45, 7) is 1.66. The highest BCUT2D eigenvalue weighted by Crippen LogP contribution is 2.30. The van der Waals surface area contributed by atoms with Gasteiger partial charge in [-0.2, -0.15) is 0 Å². The molecule has 3 nitrogen and oxygen atoms in total. The molecule has 0 aliphatic carbocycles. The Hall–Kier alpha value is -1.13. The molecule has 0 saturated carbocycles. The number of aromatic nitrogens is 1. The Morgan fingerprint density at radius 3 is 2.81 bits per heavy atom. The van der Waals surface area contributed by atoms with Gasteiger partial charge in [-0.1, -0.05) is 18.2 Å². The largest absolute Gasteiger partial charge is 0.372 e. The average molecular weight is 327 g/mol. The number of nitrogens with one attached hydrogen (secondary N) is 1. The molecule has 114 valence electrons. The molecule has 3 rings (SSSR count). The molecule has 1 aliphatic rings. The van der Waals surface area contributed by atoms with Gasteiger partial charge in [0.2, 0.25) is 0 Å². The lowest BCUT2D eigenvalue weighted by molar-refractivity contribution is 0.0439. The van der Waals surface area contributed by atoms with Crippen LogP contribution in [0.4, 0.5) is 0 Å².